The van der Waals surface area contributed by atoms with Crippen LogP contribution in [0, 0.1) is 12.8 Å². The molecule has 0 aliphatic heterocycles. The van der Waals surface area contributed by atoms with Gasteiger partial charge in [0.05, 0.1) is 0 Å². The first-order valence-corrected chi connectivity index (χ1v) is 7.91. The SMILES string of the molecule is CCNC(=NCc1nnc(C)n1C)NCCCCC(C)C.I. The molecule has 1 aromatic rings. The highest BCUT2D eigenvalue weighted by atomic mass is 127. The molecule has 128 valence electrons. The van der Waals surface area contributed by atoms with Crippen LogP contribution in [0.5, 0.6) is 0 Å². The summed E-state index contributed by atoms with van der Waals surface area (Å²) in [6, 6.07) is 0. The lowest BCUT2D eigenvalue weighted by molar-refractivity contribution is 0.534. The second kappa shape index (κ2) is 11.7. The zero-order chi connectivity index (χ0) is 15.7. The molecular weight excluding hydrogens is 391 g/mol. The standard InChI is InChI=1S/C15H30N6.HI/c1-6-16-15(17-10-8-7-9-12(2)3)18-11-14-20-19-13(4)21(14)5;/h12H,6-11H2,1-5H3,(H2,16,17,18);1H. The molecule has 1 rings (SSSR count). The number of nitrogens with one attached hydrogen (secondary N) is 2. The smallest absolute Gasteiger partial charge is 0.191 e. The van der Waals surface area contributed by atoms with Gasteiger partial charge in [-0.25, -0.2) is 4.99 Å². The second-order valence-electron chi connectivity index (χ2n) is 5.73. The molecule has 22 heavy (non-hydrogen) atoms. The van der Waals surface area contributed by atoms with Gasteiger partial charge in [-0.1, -0.05) is 26.7 Å². The third-order valence-corrected chi connectivity index (χ3v) is 3.41. The van der Waals surface area contributed by atoms with Crippen molar-refractivity contribution in [1.29, 1.82) is 0 Å². The molecule has 0 saturated carbocycles. The van der Waals surface area contributed by atoms with Gasteiger partial charge in [-0.2, -0.15) is 0 Å². The summed E-state index contributed by atoms with van der Waals surface area (Å²) in [5, 5.41) is 14.8. The largest absolute Gasteiger partial charge is 0.357 e. The monoisotopic (exact) mass is 422 g/mol. The molecule has 2 N–H and O–H groups in total. The van der Waals surface area contributed by atoms with Gasteiger partial charge in [0.25, 0.3) is 0 Å². The van der Waals surface area contributed by atoms with Crippen molar-refractivity contribution in [3.8, 4) is 0 Å². The molecule has 0 radical (unpaired) electrons. The predicted octanol–water partition coefficient (Wildman–Crippen LogP) is 2.62. The minimum Gasteiger partial charge on any atom is -0.357 e. The van der Waals surface area contributed by atoms with Crippen molar-refractivity contribution in [2.45, 2.75) is 53.5 Å². The van der Waals surface area contributed by atoms with Gasteiger partial charge in [-0.3, -0.25) is 0 Å². The van der Waals surface area contributed by atoms with Crippen molar-refractivity contribution in [3.05, 3.63) is 11.6 Å². The number of rotatable bonds is 8. The summed E-state index contributed by atoms with van der Waals surface area (Å²) in [5.41, 5.74) is 0. The first-order chi connectivity index (χ1) is 10.0. The van der Waals surface area contributed by atoms with Crippen LogP contribution in [0.25, 0.3) is 0 Å². The van der Waals surface area contributed by atoms with Gasteiger partial charge in [-0.15, -0.1) is 34.2 Å². The van der Waals surface area contributed by atoms with Crippen molar-refractivity contribution in [1.82, 2.24) is 25.4 Å². The third kappa shape index (κ3) is 7.95. The molecule has 0 aromatic carbocycles. The van der Waals surface area contributed by atoms with Gasteiger partial charge in [0.2, 0.25) is 0 Å². The Morgan fingerprint density at radius 2 is 1.95 bits per heavy atom. The van der Waals surface area contributed by atoms with E-state index in [4.69, 9.17) is 0 Å². The molecule has 7 heteroatoms. The highest BCUT2D eigenvalue weighted by molar-refractivity contribution is 14.0. The maximum atomic E-state index is 4.56. The number of aryl methyl sites for hydroxylation is 1. The van der Waals surface area contributed by atoms with Crippen molar-refractivity contribution in [3.63, 3.8) is 0 Å². The first kappa shape index (κ1) is 21.1. The average Bonchev–Trinajstić information content (AvgIpc) is 2.75. The number of halogens is 1. The lowest BCUT2D eigenvalue weighted by atomic mass is 10.1. The molecule has 0 atom stereocenters. The summed E-state index contributed by atoms with van der Waals surface area (Å²) >= 11 is 0. The molecule has 0 saturated heterocycles. The van der Waals surface area contributed by atoms with Crippen LogP contribution in [0.15, 0.2) is 4.99 Å². The van der Waals surface area contributed by atoms with E-state index in [1.54, 1.807) is 0 Å². The zero-order valence-electron chi connectivity index (χ0n) is 14.5. The van der Waals surface area contributed by atoms with Gasteiger partial charge in [0, 0.05) is 20.1 Å². The summed E-state index contributed by atoms with van der Waals surface area (Å²) in [4.78, 5) is 4.56. The third-order valence-electron chi connectivity index (χ3n) is 3.41. The first-order valence-electron chi connectivity index (χ1n) is 7.91. The Hall–Kier alpha value is -0.860. The van der Waals surface area contributed by atoms with E-state index < -0.39 is 0 Å². The minimum absolute atomic E-state index is 0. The number of unbranched alkanes of at least 4 members (excludes halogenated alkanes) is 1. The van der Waals surface area contributed by atoms with Crippen LogP contribution in [-0.2, 0) is 13.6 Å². The van der Waals surface area contributed by atoms with E-state index in [0.29, 0.717) is 6.54 Å². The average molecular weight is 422 g/mol. The summed E-state index contributed by atoms with van der Waals surface area (Å²) in [7, 11) is 1.96. The van der Waals surface area contributed by atoms with Gasteiger partial charge >= 0.3 is 0 Å². The summed E-state index contributed by atoms with van der Waals surface area (Å²) in [6.07, 6.45) is 3.71. The van der Waals surface area contributed by atoms with Gasteiger partial charge in [-0.05, 0) is 26.2 Å². The van der Waals surface area contributed by atoms with E-state index in [1.807, 2.05) is 18.5 Å². The number of guanidine groups is 1. The maximum Gasteiger partial charge on any atom is 0.191 e. The Kier molecular flexibility index (Phi) is 11.2. The number of aliphatic imine (C=N–C) groups is 1. The number of nitrogens with zero attached hydrogens (tertiary/aromatic N) is 4. The van der Waals surface area contributed by atoms with Crippen LogP contribution in [-0.4, -0.2) is 33.8 Å². The quantitative estimate of drug-likeness (QED) is 0.293. The van der Waals surface area contributed by atoms with E-state index in [0.717, 1.165) is 36.6 Å². The van der Waals surface area contributed by atoms with Crippen molar-refractivity contribution in [2.75, 3.05) is 13.1 Å². The van der Waals surface area contributed by atoms with Crippen molar-refractivity contribution >= 4 is 29.9 Å². The molecule has 0 amide bonds. The fourth-order valence-corrected chi connectivity index (χ4v) is 1.96. The van der Waals surface area contributed by atoms with Crippen molar-refractivity contribution < 1.29 is 0 Å². The Labute approximate surface area is 151 Å². The van der Waals surface area contributed by atoms with E-state index >= 15 is 0 Å². The number of hydrogen-bond acceptors (Lipinski definition) is 3. The lowest BCUT2D eigenvalue weighted by Gasteiger charge is -2.11. The topological polar surface area (TPSA) is 67.1 Å². The summed E-state index contributed by atoms with van der Waals surface area (Å²) < 4.78 is 1.97. The van der Waals surface area contributed by atoms with Crippen molar-refractivity contribution in [2.24, 2.45) is 18.0 Å². The highest BCUT2D eigenvalue weighted by Gasteiger charge is 2.04. The Morgan fingerprint density at radius 3 is 2.50 bits per heavy atom. The molecule has 6 nitrogen and oxygen atoms in total. The van der Waals surface area contributed by atoms with E-state index in [1.165, 1.54) is 19.3 Å². The molecule has 1 heterocycles. The summed E-state index contributed by atoms with van der Waals surface area (Å²) in [6.45, 7) is 10.9. The van der Waals surface area contributed by atoms with Crippen LogP contribution in [0.2, 0.25) is 0 Å². The lowest BCUT2D eigenvalue weighted by Crippen LogP contribution is -2.37. The molecule has 0 aliphatic carbocycles. The second-order valence-corrected chi connectivity index (χ2v) is 5.73. The van der Waals surface area contributed by atoms with Gasteiger partial charge in [0.1, 0.15) is 12.4 Å². The fourth-order valence-electron chi connectivity index (χ4n) is 1.96. The molecule has 0 unspecified atom stereocenters. The van der Waals surface area contributed by atoms with Gasteiger partial charge < -0.3 is 15.2 Å². The summed E-state index contributed by atoms with van der Waals surface area (Å²) in [5.74, 6) is 3.42. The Bertz CT molecular complexity index is 441. The number of hydrogen-bond donors (Lipinski definition) is 2. The van der Waals surface area contributed by atoms with Crippen LogP contribution in [0.3, 0.4) is 0 Å². The molecule has 0 aliphatic rings. The maximum absolute atomic E-state index is 4.56. The molecule has 1 aromatic heterocycles. The van der Waals surface area contributed by atoms with E-state index in [9.17, 15) is 0 Å². The molecule has 0 fully saturated rings. The molecule has 0 spiro atoms. The zero-order valence-corrected chi connectivity index (χ0v) is 16.8. The molecule has 0 bridgehead atoms. The van der Waals surface area contributed by atoms with Crippen LogP contribution >= 0.6 is 24.0 Å². The Balaban J connectivity index is 0.00000441. The van der Waals surface area contributed by atoms with Crippen LogP contribution in [0.1, 0.15) is 51.7 Å². The Morgan fingerprint density at radius 1 is 1.23 bits per heavy atom. The van der Waals surface area contributed by atoms with Crippen LogP contribution in [0.4, 0.5) is 0 Å². The fraction of sp³-hybridized carbons (Fsp3) is 0.800. The normalized spacial score (nSPS) is 11.5. The van der Waals surface area contributed by atoms with E-state index in [2.05, 4.69) is 46.6 Å². The minimum atomic E-state index is 0. The number of aromatic nitrogens is 3. The highest BCUT2D eigenvalue weighted by Crippen LogP contribution is 2.05. The van der Waals surface area contributed by atoms with E-state index in [-0.39, 0.29) is 24.0 Å². The van der Waals surface area contributed by atoms with Gasteiger partial charge in [0.15, 0.2) is 11.8 Å². The predicted molar refractivity (Wildman–Crippen MR) is 103 cm³/mol. The molecular formula is C15H31IN6. The van der Waals surface area contributed by atoms with Crippen LogP contribution < -0.4 is 10.6 Å².